The van der Waals surface area contributed by atoms with Gasteiger partial charge in [-0.2, -0.15) is 17.5 Å². The van der Waals surface area contributed by atoms with Gasteiger partial charge in [0.2, 0.25) is 21.9 Å². The number of nitrogens with zero attached hydrogens (tertiary/aromatic N) is 4. The molecule has 44 heavy (non-hydrogen) atoms. The Balaban J connectivity index is 1.31. The van der Waals surface area contributed by atoms with Crippen molar-refractivity contribution in [1.29, 1.82) is 0 Å². The zero-order chi connectivity index (χ0) is 31.3. The van der Waals surface area contributed by atoms with Gasteiger partial charge in [-0.05, 0) is 55.3 Å². The summed E-state index contributed by atoms with van der Waals surface area (Å²) in [5, 5.41) is 5.91. The van der Waals surface area contributed by atoms with Crippen LogP contribution in [-0.4, -0.2) is 85.5 Å². The SMILES string of the molecule is O=C(NCc1cc(-c2ccc(C(F)(F)F)cc2)nc(NCCN2CCOCC2)n1)C1CCCN1S(=O)(=O)c1ccc(F)cc1. The highest BCUT2D eigenvalue weighted by Crippen LogP contribution is 2.31. The van der Waals surface area contributed by atoms with E-state index in [0.29, 0.717) is 56.1 Å². The van der Waals surface area contributed by atoms with Crippen LogP contribution in [0.1, 0.15) is 24.1 Å². The zero-order valence-electron chi connectivity index (χ0n) is 23.7. The van der Waals surface area contributed by atoms with Gasteiger partial charge < -0.3 is 15.4 Å². The fourth-order valence-electron chi connectivity index (χ4n) is 5.12. The van der Waals surface area contributed by atoms with Gasteiger partial charge in [-0.25, -0.2) is 22.8 Å². The van der Waals surface area contributed by atoms with Crippen LogP contribution in [-0.2, 0) is 32.3 Å². The molecule has 3 heterocycles. The maximum atomic E-state index is 13.4. The molecule has 0 bridgehead atoms. The van der Waals surface area contributed by atoms with E-state index >= 15 is 0 Å². The van der Waals surface area contributed by atoms with Crippen molar-refractivity contribution < 1.29 is 35.5 Å². The predicted molar refractivity (Wildman–Crippen MR) is 153 cm³/mol. The molecule has 0 aliphatic carbocycles. The average molecular weight is 637 g/mol. The summed E-state index contributed by atoms with van der Waals surface area (Å²) in [7, 11) is -4.04. The predicted octanol–water partition coefficient (Wildman–Crippen LogP) is 3.52. The highest BCUT2D eigenvalue weighted by molar-refractivity contribution is 7.89. The Morgan fingerprint density at radius 1 is 1.00 bits per heavy atom. The van der Waals surface area contributed by atoms with Crippen molar-refractivity contribution in [3.05, 3.63) is 71.7 Å². The molecule has 2 saturated heterocycles. The number of hydrogen-bond acceptors (Lipinski definition) is 8. The number of hydrogen-bond donors (Lipinski definition) is 2. The molecule has 2 fully saturated rings. The highest BCUT2D eigenvalue weighted by Gasteiger charge is 2.39. The third-order valence-corrected chi connectivity index (χ3v) is 9.39. The molecule has 5 rings (SSSR count). The van der Waals surface area contributed by atoms with Gasteiger partial charge in [-0.1, -0.05) is 12.1 Å². The van der Waals surface area contributed by atoms with E-state index in [1.165, 1.54) is 12.1 Å². The Hall–Kier alpha value is -3.66. The van der Waals surface area contributed by atoms with Gasteiger partial charge in [0.25, 0.3) is 0 Å². The molecule has 0 saturated carbocycles. The largest absolute Gasteiger partial charge is 0.416 e. The second kappa shape index (κ2) is 13.5. The first-order chi connectivity index (χ1) is 21.0. The molecule has 15 heteroatoms. The van der Waals surface area contributed by atoms with E-state index in [1.54, 1.807) is 6.07 Å². The molecule has 1 amide bonds. The Kier molecular flexibility index (Phi) is 9.78. The number of alkyl halides is 3. The summed E-state index contributed by atoms with van der Waals surface area (Å²) in [6, 6.07) is 9.61. The van der Waals surface area contributed by atoms with Crippen LogP contribution in [0.15, 0.2) is 59.5 Å². The minimum Gasteiger partial charge on any atom is -0.379 e. The van der Waals surface area contributed by atoms with E-state index in [1.807, 2.05) is 0 Å². The summed E-state index contributed by atoms with van der Waals surface area (Å²) in [5.74, 6) is -0.860. The number of benzene rings is 2. The van der Waals surface area contributed by atoms with Gasteiger partial charge in [0.1, 0.15) is 11.9 Å². The van der Waals surface area contributed by atoms with Crippen LogP contribution in [0.3, 0.4) is 0 Å². The van der Waals surface area contributed by atoms with Crippen molar-refractivity contribution in [1.82, 2.24) is 24.5 Å². The van der Waals surface area contributed by atoms with Crippen molar-refractivity contribution >= 4 is 21.9 Å². The summed E-state index contributed by atoms with van der Waals surface area (Å²) in [4.78, 5) is 24.3. The molecule has 10 nitrogen and oxygen atoms in total. The number of ether oxygens (including phenoxy) is 1. The average Bonchev–Trinajstić information content (AvgIpc) is 3.52. The minimum absolute atomic E-state index is 0.0753. The molecule has 2 aromatic carbocycles. The standard InChI is InChI=1S/C29H32F4N6O4S/c30-22-7-9-24(10-8-22)44(41,42)39-12-1-2-26(39)27(40)35-19-23-18-25(20-3-5-21(6-4-20)29(31,32)33)37-28(36-23)34-11-13-38-14-16-43-17-15-38/h3-10,18,26H,1-2,11-17,19H2,(H,35,40)(H,34,36,37). The lowest BCUT2D eigenvalue weighted by molar-refractivity contribution is -0.137. The Labute approximate surface area is 252 Å². The summed E-state index contributed by atoms with van der Waals surface area (Å²) in [5.41, 5.74) is 0.371. The Morgan fingerprint density at radius 2 is 1.70 bits per heavy atom. The van der Waals surface area contributed by atoms with Crippen molar-refractivity contribution in [3.63, 3.8) is 0 Å². The normalized spacial score (nSPS) is 18.3. The topological polar surface area (TPSA) is 117 Å². The fourth-order valence-corrected chi connectivity index (χ4v) is 6.78. The first-order valence-electron chi connectivity index (χ1n) is 14.2. The summed E-state index contributed by atoms with van der Waals surface area (Å²) in [6.45, 7) is 4.14. The first kappa shape index (κ1) is 31.8. The van der Waals surface area contributed by atoms with Crippen molar-refractivity contribution in [3.8, 4) is 11.3 Å². The first-order valence-corrected chi connectivity index (χ1v) is 15.6. The molecule has 0 spiro atoms. The van der Waals surface area contributed by atoms with Crippen LogP contribution in [0.25, 0.3) is 11.3 Å². The van der Waals surface area contributed by atoms with Gasteiger partial charge >= 0.3 is 6.18 Å². The van der Waals surface area contributed by atoms with Crippen molar-refractivity contribution in [2.75, 3.05) is 51.3 Å². The summed E-state index contributed by atoms with van der Waals surface area (Å²) < 4.78 is 85.6. The zero-order valence-corrected chi connectivity index (χ0v) is 24.5. The van der Waals surface area contributed by atoms with Crippen LogP contribution in [0.2, 0.25) is 0 Å². The highest BCUT2D eigenvalue weighted by atomic mass is 32.2. The third-order valence-electron chi connectivity index (χ3n) is 7.47. The number of morpholine rings is 1. The molecule has 1 unspecified atom stereocenters. The van der Waals surface area contributed by atoms with Gasteiger partial charge in [0.15, 0.2) is 0 Å². The van der Waals surface area contributed by atoms with Crippen LogP contribution in [0.5, 0.6) is 0 Å². The number of anilines is 1. The lowest BCUT2D eigenvalue weighted by Crippen LogP contribution is -2.45. The molecule has 3 aromatic rings. The fraction of sp³-hybridized carbons (Fsp3) is 0.414. The van der Waals surface area contributed by atoms with E-state index in [-0.39, 0.29) is 23.9 Å². The molecular formula is C29H32F4N6O4S. The van der Waals surface area contributed by atoms with Gasteiger partial charge in [-0.3, -0.25) is 9.69 Å². The summed E-state index contributed by atoms with van der Waals surface area (Å²) >= 11 is 0. The van der Waals surface area contributed by atoms with Crippen LogP contribution < -0.4 is 10.6 Å². The molecule has 2 aliphatic rings. The number of carbonyl (C=O) groups excluding carboxylic acids is 1. The Morgan fingerprint density at radius 3 is 2.39 bits per heavy atom. The molecule has 2 aliphatic heterocycles. The lowest BCUT2D eigenvalue weighted by atomic mass is 10.1. The second-order valence-electron chi connectivity index (χ2n) is 10.5. The monoisotopic (exact) mass is 636 g/mol. The van der Waals surface area contributed by atoms with Crippen molar-refractivity contribution in [2.45, 2.75) is 36.5 Å². The molecule has 236 valence electrons. The molecule has 0 radical (unpaired) electrons. The number of nitrogens with one attached hydrogen (secondary N) is 2. The van der Waals surface area contributed by atoms with Crippen LogP contribution in [0, 0.1) is 5.82 Å². The van der Waals surface area contributed by atoms with Crippen LogP contribution in [0.4, 0.5) is 23.5 Å². The molecule has 2 N–H and O–H groups in total. The number of carbonyl (C=O) groups is 1. The molecule has 1 atom stereocenters. The maximum absolute atomic E-state index is 13.4. The summed E-state index contributed by atoms with van der Waals surface area (Å²) in [6.07, 6.45) is -3.70. The quantitative estimate of drug-likeness (QED) is 0.325. The number of halogens is 4. The van der Waals surface area contributed by atoms with Crippen LogP contribution >= 0.6 is 0 Å². The number of rotatable bonds is 10. The molecule has 1 aromatic heterocycles. The van der Waals surface area contributed by atoms with E-state index in [0.717, 1.165) is 53.8 Å². The third kappa shape index (κ3) is 7.70. The lowest BCUT2D eigenvalue weighted by Gasteiger charge is -2.26. The van der Waals surface area contributed by atoms with Gasteiger partial charge in [-0.15, -0.1) is 0 Å². The maximum Gasteiger partial charge on any atom is 0.416 e. The number of amides is 1. The second-order valence-corrected chi connectivity index (χ2v) is 12.4. The number of sulfonamides is 1. The van der Waals surface area contributed by atoms with E-state index in [2.05, 4.69) is 25.5 Å². The van der Waals surface area contributed by atoms with Crippen molar-refractivity contribution in [2.24, 2.45) is 0 Å². The number of aromatic nitrogens is 2. The van der Waals surface area contributed by atoms with Gasteiger partial charge in [0, 0.05) is 38.3 Å². The van der Waals surface area contributed by atoms with E-state index in [4.69, 9.17) is 4.74 Å². The molecular weight excluding hydrogens is 604 g/mol. The van der Waals surface area contributed by atoms with Gasteiger partial charge in [0.05, 0.1) is 41.6 Å². The van der Waals surface area contributed by atoms with E-state index in [9.17, 15) is 30.8 Å². The van der Waals surface area contributed by atoms with E-state index < -0.39 is 39.5 Å². The smallest absolute Gasteiger partial charge is 0.379 e. The Bertz CT molecular complexity index is 1550. The minimum atomic E-state index is -4.48.